The first-order valence-electron chi connectivity index (χ1n) is 12.4. The van der Waals surface area contributed by atoms with Crippen LogP contribution in [0.3, 0.4) is 0 Å². The summed E-state index contributed by atoms with van der Waals surface area (Å²) in [5.41, 5.74) is 3.35. The lowest BCUT2D eigenvalue weighted by Gasteiger charge is -2.21. The van der Waals surface area contributed by atoms with Gasteiger partial charge in [-0.05, 0) is 55.2 Å². The Bertz CT molecular complexity index is 1330. The number of nitrogens with one attached hydrogen (secondary N) is 3. The van der Waals surface area contributed by atoms with E-state index >= 15 is 0 Å². The van der Waals surface area contributed by atoms with Gasteiger partial charge in [0.05, 0.1) is 24.0 Å². The number of aromatic nitrogens is 2. The number of amides is 2. The zero-order valence-electron chi connectivity index (χ0n) is 21.6. The van der Waals surface area contributed by atoms with Gasteiger partial charge in [-0.3, -0.25) is 14.5 Å². The average molecular weight is 540 g/mol. The normalized spacial score (nSPS) is 13.3. The molecule has 1 aliphatic rings. The van der Waals surface area contributed by atoms with E-state index in [0.717, 1.165) is 31.6 Å². The Morgan fingerprint density at radius 1 is 1.11 bits per heavy atom. The molecular weight excluding hydrogens is 509 g/mol. The number of hydrogen-bond donors (Lipinski definition) is 3. The smallest absolute Gasteiger partial charge is 0.253 e. The maximum absolute atomic E-state index is 14.7. The zero-order chi connectivity index (χ0) is 27.2. The zero-order valence-corrected chi connectivity index (χ0v) is 22.4. The van der Waals surface area contributed by atoms with Gasteiger partial charge in [0.25, 0.3) is 5.91 Å². The Labute approximate surface area is 226 Å². The molecule has 0 spiro atoms. The average Bonchev–Trinajstić information content (AvgIpc) is 3.09. The summed E-state index contributed by atoms with van der Waals surface area (Å²) in [5, 5.41) is 8.91. The highest BCUT2D eigenvalue weighted by Gasteiger charge is 2.19. The van der Waals surface area contributed by atoms with Crippen LogP contribution in [0.15, 0.2) is 42.6 Å². The topological polar surface area (TPSA) is 102 Å². The van der Waals surface area contributed by atoms with Crippen molar-refractivity contribution >= 4 is 46.6 Å². The maximum atomic E-state index is 14.7. The van der Waals surface area contributed by atoms with E-state index in [1.165, 1.54) is 35.5 Å². The van der Waals surface area contributed by atoms with Gasteiger partial charge in [-0.1, -0.05) is 23.7 Å². The standard InChI is InChI=1S/C27H31ClFN7O2/c1-4-30-26(38)20-6-5-7-22(29)24(20)33-25-21(28)15-31-27(34-25)32-19-9-8-17-10-12-36(13-11-18(17)14-19)16-23(37)35(2)3/h5-9,14-15H,4,10-13,16H2,1-3H3,(H,30,38)(H2,31,32,33,34). The van der Waals surface area contributed by atoms with Gasteiger partial charge >= 0.3 is 0 Å². The van der Waals surface area contributed by atoms with Crippen molar-refractivity contribution in [2.75, 3.05) is 50.9 Å². The SMILES string of the molecule is CCNC(=O)c1cccc(F)c1Nc1nc(Nc2ccc3c(c2)CCN(CC(=O)N(C)C)CC3)ncc1Cl. The van der Waals surface area contributed by atoms with Crippen molar-refractivity contribution in [2.45, 2.75) is 19.8 Å². The Morgan fingerprint density at radius 3 is 2.61 bits per heavy atom. The number of likely N-dealkylation sites (N-methyl/N-ethyl adjacent to an activating group) is 1. The fraction of sp³-hybridized carbons (Fsp3) is 0.333. The van der Waals surface area contributed by atoms with Crippen LogP contribution in [-0.4, -0.2) is 71.9 Å². The Hall–Kier alpha value is -3.76. The molecule has 2 heterocycles. The van der Waals surface area contributed by atoms with E-state index < -0.39 is 11.7 Å². The maximum Gasteiger partial charge on any atom is 0.253 e. The lowest BCUT2D eigenvalue weighted by molar-refractivity contribution is -0.129. The van der Waals surface area contributed by atoms with Gasteiger partial charge in [-0.15, -0.1) is 0 Å². The van der Waals surface area contributed by atoms with Crippen LogP contribution in [0.25, 0.3) is 0 Å². The summed E-state index contributed by atoms with van der Waals surface area (Å²) >= 11 is 6.31. The number of carbonyl (C=O) groups is 2. The molecule has 2 amide bonds. The molecule has 11 heteroatoms. The summed E-state index contributed by atoms with van der Waals surface area (Å²) in [7, 11) is 3.54. The van der Waals surface area contributed by atoms with Crippen LogP contribution in [0.4, 0.5) is 27.5 Å². The molecule has 0 atom stereocenters. The summed E-state index contributed by atoms with van der Waals surface area (Å²) in [6.07, 6.45) is 3.09. The Morgan fingerprint density at radius 2 is 1.87 bits per heavy atom. The first kappa shape index (κ1) is 27.3. The predicted octanol–water partition coefficient (Wildman–Crippen LogP) is 3.99. The second kappa shape index (κ2) is 12.2. The predicted molar refractivity (Wildman–Crippen MR) is 147 cm³/mol. The van der Waals surface area contributed by atoms with E-state index in [9.17, 15) is 14.0 Å². The number of rotatable bonds is 8. The molecule has 38 heavy (non-hydrogen) atoms. The van der Waals surface area contributed by atoms with Crippen LogP contribution in [0, 0.1) is 5.82 Å². The molecule has 3 aromatic rings. The van der Waals surface area contributed by atoms with E-state index in [1.54, 1.807) is 25.9 Å². The highest BCUT2D eigenvalue weighted by atomic mass is 35.5. The second-order valence-electron chi connectivity index (χ2n) is 9.21. The van der Waals surface area contributed by atoms with E-state index in [2.05, 4.69) is 43.0 Å². The van der Waals surface area contributed by atoms with Gasteiger partial charge in [0.2, 0.25) is 11.9 Å². The highest BCUT2D eigenvalue weighted by molar-refractivity contribution is 6.33. The van der Waals surface area contributed by atoms with Crippen LogP contribution in [0.5, 0.6) is 0 Å². The minimum Gasteiger partial charge on any atom is -0.352 e. The fourth-order valence-electron chi connectivity index (χ4n) is 4.20. The van der Waals surface area contributed by atoms with Crippen molar-refractivity contribution in [1.29, 1.82) is 0 Å². The van der Waals surface area contributed by atoms with Crippen molar-refractivity contribution < 1.29 is 14.0 Å². The van der Waals surface area contributed by atoms with Crippen LogP contribution in [0.1, 0.15) is 28.4 Å². The van der Waals surface area contributed by atoms with Crippen LogP contribution in [0.2, 0.25) is 5.02 Å². The van der Waals surface area contributed by atoms with Crippen molar-refractivity contribution in [3.8, 4) is 0 Å². The largest absolute Gasteiger partial charge is 0.352 e. The molecule has 4 rings (SSSR count). The van der Waals surface area contributed by atoms with E-state index in [4.69, 9.17) is 11.6 Å². The van der Waals surface area contributed by atoms with E-state index in [0.29, 0.717) is 13.1 Å². The molecule has 0 saturated carbocycles. The molecule has 9 nitrogen and oxygen atoms in total. The molecule has 0 aliphatic carbocycles. The van der Waals surface area contributed by atoms with Gasteiger partial charge < -0.3 is 20.9 Å². The van der Waals surface area contributed by atoms with Gasteiger partial charge in [0.15, 0.2) is 5.82 Å². The summed E-state index contributed by atoms with van der Waals surface area (Å²) in [4.78, 5) is 37.0. The number of anilines is 4. The Balaban J connectivity index is 1.50. The van der Waals surface area contributed by atoms with Gasteiger partial charge in [-0.25, -0.2) is 9.37 Å². The number of benzene rings is 2. The second-order valence-corrected chi connectivity index (χ2v) is 9.62. The number of para-hydroxylation sites is 1. The minimum atomic E-state index is -0.606. The molecule has 0 radical (unpaired) electrons. The number of fused-ring (bicyclic) bond motifs is 1. The number of hydrogen-bond acceptors (Lipinski definition) is 7. The first-order chi connectivity index (χ1) is 18.2. The summed E-state index contributed by atoms with van der Waals surface area (Å²) in [5.74, 6) is -0.496. The molecule has 1 aliphatic heterocycles. The molecule has 200 valence electrons. The molecule has 0 unspecified atom stereocenters. The monoisotopic (exact) mass is 539 g/mol. The lowest BCUT2D eigenvalue weighted by atomic mass is 10.0. The quantitative estimate of drug-likeness (QED) is 0.398. The minimum absolute atomic E-state index is 0.0210. The summed E-state index contributed by atoms with van der Waals surface area (Å²) < 4.78 is 14.7. The number of halogens is 2. The number of carbonyl (C=O) groups excluding carboxylic acids is 2. The molecule has 0 fully saturated rings. The molecule has 1 aromatic heterocycles. The summed E-state index contributed by atoms with van der Waals surface area (Å²) in [6, 6.07) is 10.3. The third kappa shape index (κ3) is 6.56. The van der Waals surface area contributed by atoms with Crippen LogP contribution < -0.4 is 16.0 Å². The summed E-state index contributed by atoms with van der Waals surface area (Å²) in [6.45, 7) is 4.21. The van der Waals surface area contributed by atoms with Gasteiger partial charge in [-0.2, -0.15) is 4.98 Å². The fourth-order valence-corrected chi connectivity index (χ4v) is 4.34. The molecule has 0 bridgehead atoms. The van der Waals surface area contributed by atoms with Crippen molar-refractivity contribution in [1.82, 2.24) is 25.1 Å². The molecular formula is C27H31ClFN7O2. The van der Waals surface area contributed by atoms with Crippen LogP contribution in [-0.2, 0) is 17.6 Å². The third-order valence-corrected chi connectivity index (χ3v) is 6.57. The molecule has 2 aromatic carbocycles. The van der Waals surface area contributed by atoms with Crippen molar-refractivity contribution in [2.24, 2.45) is 0 Å². The first-order valence-corrected chi connectivity index (χ1v) is 12.8. The highest BCUT2D eigenvalue weighted by Crippen LogP contribution is 2.29. The van der Waals surface area contributed by atoms with Crippen LogP contribution >= 0.6 is 11.6 Å². The van der Waals surface area contributed by atoms with E-state index in [1.807, 2.05) is 6.07 Å². The molecule has 0 saturated heterocycles. The Kier molecular flexibility index (Phi) is 8.75. The molecule has 3 N–H and O–H groups in total. The van der Waals surface area contributed by atoms with Gasteiger partial charge in [0, 0.05) is 39.4 Å². The van der Waals surface area contributed by atoms with Crippen molar-refractivity contribution in [3.05, 3.63) is 70.1 Å². The lowest BCUT2D eigenvalue weighted by Crippen LogP contribution is -2.37. The van der Waals surface area contributed by atoms with E-state index in [-0.39, 0.29) is 33.9 Å². The van der Waals surface area contributed by atoms with Crippen molar-refractivity contribution in [3.63, 3.8) is 0 Å². The third-order valence-electron chi connectivity index (χ3n) is 6.30. The number of nitrogens with zero attached hydrogens (tertiary/aromatic N) is 4. The van der Waals surface area contributed by atoms with Gasteiger partial charge in [0.1, 0.15) is 10.8 Å².